The molecule has 0 saturated heterocycles. The van der Waals surface area contributed by atoms with Gasteiger partial charge in [0.25, 0.3) is 0 Å². The predicted molar refractivity (Wildman–Crippen MR) is 133 cm³/mol. The van der Waals surface area contributed by atoms with E-state index in [1.165, 1.54) is 12.1 Å². The van der Waals surface area contributed by atoms with Crippen LogP contribution in [0.5, 0.6) is 5.75 Å². The minimum Gasteiger partial charge on any atom is -0.508 e. The van der Waals surface area contributed by atoms with Crippen LogP contribution in [0.4, 0.5) is 0 Å². The molecule has 9 nitrogen and oxygen atoms in total. The number of benzene rings is 2. The van der Waals surface area contributed by atoms with Crippen LogP contribution in [-0.4, -0.2) is 51.1 Å². The molecule has 0 aliphatic carbocycles. The number of aromatic hydroxyl groups is 1. The van der Waals surface area contributed by atoms with Gasteiger partial charge in [-0.05, 0) is 35.2 Å². The smallest absolute Gasteiger partial charge is 0.326 e. The number of amides is 2. The van der Waals surface area contributed by atoms with Gasteiger partial charge in [-0.25, -0.2) is 4.79 Å². The van der Waals surface area contributed by atoms with Gasteiger partial charge in [-0.3, -0.25) is 9.59 Å². The molecular weight excluding hydrogens is 448 g/mol. The van der Waals surface area contributed by atoms with Gasteiger partial charge in [-0.1, -0.05) is 50.6 Å². The number of H-pyrrole nitrogens is 1. The summed E-state index contributed by atoms with van der Waals surface area (Å²) in [5.74, 6) is -2.33. The van der Waals surface area contributed by atoms with Crippen molar-refractivity contribution in [2.45, 2.75) is 51.2 Å². The second-order valence-corrected chi connectivity index (χ2v) is 8.81. The third kappa shape index (κ3) is 6.60. The summed E-state index contributed by atoms with van der Waals surface area (Å²) in [6.07, 6.45) is 2.64. The maximum atomic E-state index is 13.3. The van der Waals surface area contributed by atoms with Crippen molar-refractivity contribution in [2.24, 2.45) is 11.7 Å². The van der Waals surface area contributed by atoms with E-state index in [4.69, 9.17) is 5.73 Å². The molecule has 9 heteroatoms. The normalized spacial score (nSPS) is 14.6. The highest BCUT2D eigenvalue weighted by Gasteiger charge is 2.30. The number of hydrogen-bond acceptors (Lipinski definition) is 5. The van der Waals surface area contributed by atoms with Crippen molar-refractivity contribution >= 4 is 28.7 Å². The second-order valence-electron chi connectivity index (χ2n) is 8.81. The highest BCUT2D eigenvalue weighted by molar-refractivity contribution is 5.93. The lowest BCUT2D eigenvalue weighted by Gasteiger charge is -2.24. The van der Waals surface area contributed by atoms with E-state index >= 15 is 0 Å². The number of aliphatic carboxylic acids is 1. The van der Waals surface area contributed by atoms with Crippen LogP contribution in [0.1, 0.15) is 31.4 Å². The van der Waals surface area contributed by atoms with Gasteiger partial charge in [0, 0.05) is 29.9 Å². The molecule has 7 N–H and O–H groups in total. The van der Waals surface area contributed by atoms with E-state index in [1.807, 2.05) is 38.1 Å². The van der Waals surface area contributed by atoms with Crippen LogP contribution in [0.25, 0.3) is 10.9 Å². The van der Waals surface area contributed by atoms with Crippen molar-refractivity contribution in [1.82, 2.24) is 15.6 Å². The molecule has 0 aliphatic rings. The first kappa shape index (κ1) is 25.8. The number of carboxylic acids is 1. The van der Waals surface area contributed by atoms with Gasteiger partial charge >= 0.3 is 5.97 Å². The summed E-state index contributed by atoms with van der Waals surface area (Å²) in [6.45, 7) is 3.78. The molecule has 1 aromatic heterocycles. The number of phenolic OH excluding ortho intramolecular Hbond substituents is 1. The number of carbonyl (C=O) groups excluding carboxylic acids is 2. The minimum atomic E-state index is -1.22. The average Bonchev–Trinajstić information content (AvgIpc) is 3.26. The van der Waals surface area contributed by atoms with E-state index < -0.39 is 35.9 Å². The predicted octanol–water partition coefficient (Wildman–Crippen LogP) is 2.09. The molecular formula is C26H32N4O5. The van der Waals surface area contributed by atoms with E-state index in [9.17, 15) is 24.6 Å². The molecule has 0 spiro atoms. The van der Waals surface area contributed by atoms with E-state index in [1.54, 1.807) is 18.3 Å². The Hall–Kier alpha value is -3.85. The number of nitrogens with one attached hydrogen (secondary N) is 3. The lowest BCUT2D eigenvalue weighted by molar-refractivity contribution is -0.142. The summed E-state index contributed by atoms with van der Waals surface area (Å²) in [7, 11) is 0. The van der Waals surface area contributed by atoms with Crippen LogP contribution in [0.15, 0.2) is 54.7 Å². The fraction of sp³-hybridized carbons (Fsp3) is 0.346. The van der Waals surface area contributed by atoms with Gasteiger partial charge in [-0.2, -0.15) is 0 Å². The van der Waals surface area contributed by atoms with Crippen LogP contribution in [0.2, 0.25) is 0 Å². The van der Waals surface area contributed by atoms with Gasteiger partial charge < -0.3 is 31.6 Å². The minimum absolute atomic E-state index is 0.0154. The summed E-state index contributed by atoms with van der Waals surface area (Å²) in [4.78, 5) is 41.2. The number of carbonyl (C=O) groups is 3. The number of aromatic amines is 1. The summed E-state index contributed by atoms with van der Waals surface area (Å²) in [5, 5.41) is 25.4. The molecule has 0 bridgehead atoms. The van der Waals surface area contributed by atoms with Crippen molar-refractivity contribution < 1.29 is 24.6 Å². The Morgan fingerprint density at radius 3 is 2.29 bits per heavy atom. The molecule has 3 rings (SSSR count). The summed E-state index contributed by atoms with van der Waals surface area (Å²) >= 11 is 0. The maximum Gasteiger partial charge on any atom is 0.326 e. The van der Waals surface area contributed by atoms with Crippen LogP contribution in [-0.2, 0) is 27.2 Å². The standard InChI is InChI=1S/C26H32N4O5/c1-3-15(2)23(27)25(33)29-21(13-17-14-28-20-7-5-4-6-19(17)20)24(32)30-22(26(34)35)12-16-8-10-18(31)11-9-16/h4-11,14-15,21-23,28,31H,3,12-13,27H2,1-2H3,(H,29,33)(H,30,32)(H,34,35). The highest BCUT2D eigenvalue weighted by atomic mass is 16.4. The van der Waals surface area contributed by atoms with Crippen molar-refractivity contribution in [3.63, 3.8) is 0 Å². The van der Waals surface area contributed by atoms with Crippen LogP contribution < -0.4 is 16.4 Å². The molecule has 4 atom stereocenters. The summed E-state index contributed by atoms with van der Waals surface area (Å²) in [5.41, 5.74) is 8.41. The maximum absolute atomic E-state index is 13.3. The average molecular weight is 481 g/mol. The molecule has 0 radical (unpaired) electrons. The van der Waals surface area contributed by atoms with Crippen LogP contribution in [0, 0.1) is 5.92 Å². The van der Waals surface area contributed by atoms with Crippen molar-refractivity contribution in [1.29, 1.82) is 0 Å². The first-order valence-corrected chi connectivity index (χ1v) is 11.6. The Morgan fingerprint density at radius 1 is 0.971 bits per heavy atom. The molecule has 0 saturated carbocycles. The molecule has 3 aromatic rings. The zero-order chi connectivity index (χ0) is 25.5. The Morgan fingerprint density at radius 2 is 1.63 bits per heavy atom. The first-order valence-electron chi connectivity index (χ1n) is 11.6. The first-order chi connectivity index (χ1) is 16.7. The molecule has 4 unspecified atom stereocenters. The van der Waals surface area contributed by atoms with Crippen LogP contribution in [0.3, 0.4) is 0 Å². The van der Waals surface area contributed by atoms with Gasteiger partial charge in [0.15, 0.2) is 0 Å². The largest absolute Gasteiger partial charge is 0.508 e. The Labute approximate surface area is 203 Å². The topological polar surface area (TPSA) is 158 Å². The molecule has 1 heterocycles. The number of hydrogen-bond donors (Lipinski definition) is 6. The zero-order valence-electron chi connectivity index (χ0n) is 19.8. The van der Waals surface area contributed by atoms with Crippen LogP contribution >= 0.6 is 0 Å². The van der Waals surface area contributed by atoms with E-state index in [0.717, 1.165) is 16.5 Å². The van der Waals surface area contributed by atoms with Crippen molar-refractivity contribution in [2.75, 3.05) is 0 Å². The number of nitrogens with two attached hydrogens (primary N) is 1. The number of phenols is 1. The molecule has 0 fully saturated rings. The van der Waals surface area contributed by atoms with Crippen molar-refractivity contribution in [3.8, 4) is 5.75 Å². The zero-order valence-corrected chi connectivity index (χ0v) is 19.8. The molecule has 0 aliphatic heterocycles. The number of rotatable bonds is 11. The van der Waals surface area contributed by atoms with Gasteiger partial charge in [0.2, 0.25) is 11.8 Å². The molecule has 2 amide bonds. The van der Waals surface area contributed by atoms with E-state index in [-0.39, 0.29) is 24.5 Å². The lowest BCUT2D eigenvalue weighted by Crippen LogP contribution is -2.56. The second kappa shape index (κ2) is 11.5. The van der Waals surface area contributed by atoms with Crippen molar-refractivity contribution in [3.05, 3.63) is 65.9 Å². The number of fused-ring (bicyclic) bond motifs is 1. The van der Waals surface area contributed by atoms with E-state index in [0.29, 0.717) is 12.0 Å². The number of carboxylic acid groups (broad SMARTS) is 1. The highest BCUT2D eigenvalue weighted by Crippen LogP contribution is 2.20. The Kier molecular flexibility index (Phi) is 8.48. The molecule has 2 aromatic carbocycles. The third-order valence-corrected chi connectivity index (χ3v) is 6.28. The lowest BCUT2D eigenvalue weighted by atomic mass is 9.98. The van der Waals surface area contributed by atoms with Gasteiger partial charge in [0.05, 0.1) is 6.04 Å². The van der Waals surface area contributed by atoms with Gasteiger partial charge in [0.1, 0.15) is 17.8 Å². The SMILES string of the molecule is CCC(C)C(N)C(=O)NC(Cc1c[nH]c2ccccc12)C(=O)NC(Cc1ccc(O)cc1)C(=O)O. The quantitative estimate of drug-likeness (QED) is 0.247. The fourth-order valence-electron chi connectivity index (χ4n) is 3.85. The van der Waals surface area contributed by atoms with Gasteiger partial charge in [-0.15, -0.1) is 0 Å². The fourth-order valence-corrected chi connectivity index (χ4v) is 3.85. The summed E-state index contributed by atoms with van der Waals surface area (Å²) < 4.78 is 0. The third-order valence-electron chi connectivity index (χ3n) is 6.28. The summed E-state index contributed by atoms with van der Waals surface area (Å²) in [6, 6.07) is 10.6. The Balaban J connectivity index is 1.82. The number of aromatic nitrogens is 1. The Bertz CT molecular complexity index is 1170. The monoisotopic (exact) mass is 480 g/mol. The molecule has 186 valence electrons. The number of para-hydroxylation sites is 1. The van der Waals surface area contributed by atoms with E-state index in [2.05, 4.69) is 15.6 Å². The molecule has 35 heavy (non-hydrogen) atoms.